The Kier molecular flexibility index (Phi) is 6.48. The monoisotopic (exact) mass is 462 g/mol. The first-order valence-electron chi connectivity index (χ1n) is 11.3. The van der Waals surface area contributed by atoms with Crippen molar-refractivity contribution in [3.05, 3.63) is 142 Å². The second-order valence-electron chi connectivity index (χ2n) is 8.20. The van der Waals surface area contributed by atoms with Crippen molar-refractivity contribution in [1.82, 2.24) is 9.55 Å². The molecule has 0 aliphatic carbocycles. The molecule has 0 fully saturated rings. The average Bonchev–Trinajstić information content (AvgIpc) is 2.90. The SMILES string of the molecule is O=c1ccccn1CC(=Cc1ccc(F)cc1)c1ccc(OCc2ccc3ccccc3n2)cc1. The number of allylic oxidation sites excluding steroid dienone is 1. The molecule has 5 heteroatoms. The fourth-order valence-corrected chi connectivity index (χ4v) is 3.87. The molecule has 0 atom stereocenters. The highest BCUT2D eigenvalue weighted by atomic mass is 19.1. The van der Waals surface area contributed by atoms with Gasteiger partial charge >= 0.3 is 0 Å². The smallest absolute Gasteiger partial charge is 0.250 e. The Morgan fingerprint density at radius 2 is 1.63 bits per heavy atom. The summed E-state index contributed by atoms with van der Waals surface area (Å²) in [6, 6.07) is 31.1. The molecule has 0 spiro atoms. The lowest BCUT2D eigenvalue weighted by Crippen LogP contribution is -2.18. The molecule has 2 aromatic heterocycles. The number of pyridine rings is 2. The minimum absolute atomic E-state index is 0.0830. The highest BCUT2D eigenvalue weighted by Crippen LogP contribution is 2.24. The van der Waals surface area contributed by atoms with Crippen LogP contribution in [-0.2, 0) is 13.2 Å². The molecule has 0 saturated carbocycles. The molecule has 0 aliphatic heterocycles. The maximum absolute atomic E-state index is 13.4. The maximum atomic E-state index is 13.4. The van der Waals surface area contributed by atoms with Gasteiger partial charge < -0.3 is 9.30 Å². The molecule has 2 heterocycles. The molecule has 5 rings (SSSR count). The molecule has 0 unspecified atom stereocenters. The summed E-state index contributed by atoms with van der Waals surface area (Å²) in [5, 5.41) is 1.10. The molecular weight excluding hydrogens is 439 g/mol. The molecule has 5 aromatic rings. The average molecular weight is 463 g/mol. The number of halogens is 1. The summed E-state index contributed by atoms with van der Waals surface area (Å²) in [5.41, 5.74) is 4.44. The van der Waals surface area contributed by atoms with Crippen LogP contribution >= 0.6 is 0 Å². The van der Waals surface area contributed by atoms with Gasteiger partial charge in [0.2, 0.25) is 0 Å². The van der Waals surface area contributed by atoms with Gasteiger partial charge in [0.1, 0.15) is 18.2 Å². The first kappa shape index (κ1) is 22.3. The zero-order valence-electron chi connectivity index (χ0n) is 19.0. The summed E-state index contributed by atoms with van der Waals surface area (Å²) >= 11 is 0. The minimum atomic E-state index is -0.287. The lowest BCUT2D eigenvalue weighted by atomic mass is 10.0. The summed E-state index contributed by atoms with van der Waals surface area (Å²) in [7, 11) is 0. The maximum Gasteiger partial charge on any atom is 0.250 e. The number of hydrogen-bond acceptors (Lipinski definition) is 3. The van der Waals surface area contributed by atoms with Gasteiger partial charge in [-0.1, -0.05) is 54.6 Å². The van der Waals surface area contributed by atoms with Crippen LogP contribution in [0.25, 0.3) is 22.6 Å². The van der Waals surface area contributed by atoms with E-state index in [-0.39, 0.29) is 11.4 Å². The van der Waals surface area contributed by atoms with Crippen LogP contribution in [0, 0.1) is 5.82 Å². The Bertz CT molecular complexity index is 1540. The number of benzene rings is 3. The zero-order chi connectivity index (χ0) is 24.0. The van der Waals surface area contributed by atoms with Gasteiger partial charge in [0.05, 0.1) is 17.8 Å². The molecule has 0 bridgehead atoms. The van der Waals surface area contributed by atoms with E-state index in [0.29, 0.717) is 13.2 Å². The third kappa shape index (κ3) is 5.53. The highest BCUT2D eigenvalue weighted by Gasteiger charge is 2.07. The van der Waals surface area contributed by atoms with Crippen molar-refractivity contribution in [2.75, 3.05) is 0 Å². The highest BCUT2D eigenvalue weighted by molar-refractivity contribution is 5.81. The van der Waals surface area contributed by atoms with Crippen LogP contribution in [0.1, 0.15) is 16.8 Å². The number of hydrogen-bond donors (Lipinski definition) is 0. The third-order valence-electron chi connectivity index (χ3n) is 5.72. The lowest BCUT2D eigenvalue weighted by Gasteiger charge is -2.12. The van der Waals surface area contributed by atoms with Crippen molar-refractivity contribution < 1.29 is 9.13 Å². The van der Waals surface area contributed by atoms with E-state index in [1.807, 2.05) is 72.8 Å². The molecule has 4 nitrogen and oxygen atoms in total. The van der Waals surface area contributed by atoms with Crippen molar-refractivity contribution in [3.8, 4) is 5.75 Å². The van der Waals surface area contributed by atoms with Crippen LogP contribution in [0.3, 0.4) is 0 Å². The van der Waals surface area contributed by atoms with Crippen molar-refractivity contribution >= 4 is 22.6 Å². The predicted molar refractivity (Wildman–Crippen MR) is 137 cm³/mol. The first-order valence-corrected chi connectivity index (χ1v) is 11.3. The molecule has 0 saturated heterocycles. The van der Waals surface area contributed by atoms with E-state index in [1.54, 1.807) is 29.0 Å². The molecule has 0 N–H and O–H groups in total. The van der Waals surface area contributed by atoms with Crippen LogP contribution in [0.2, 0.25) is 0 Å². The number of rotatable bonds is 7. The van der Waals surface area contributed by atoms with Crippen LogP contribution in [0.15, 0.2) is 114 Å². The molecule has 0 amide bonds. The number of nitrogens with zero attached hydrogens (tertiary/aromatic N) is 2. The van der Waals surface area contributed by atoms with Gasteiger partial charge in [-0.15, -0.1) is 0 Å². The Hall–Kier alpha value is -4.51. The minimum Gasteiger partial charge on any atom is -0.487 e. The van der Waals surface area contributed by atoms with E-state index in [4.69, 9.17) is 4.74 Å². The Morgan fingerprint density at radius 1 is 0.857 bits per heavy atom. The third-order valence-corrected chi connectivity index (χ3v) is 5.72. The fraction of sp³-hybridized carbons (Fsp3) is 0.0667. The van der Waals surface area contributed by atoms with Gasteiger partial charge in [0, 0.05) is 17.6 Å². The second kappa shape index (κ2) is 10.2. The van der Waals surface area contributed by atoms with Crippen molar-refractivity contribution in [2.24, 2.45) is 0 Å². The van der Waals surface area contributed by atoms with Gasteiger partial charge in [-0.25, -0.2) is 9.37 Å². The summed E-state index contributed by atoms with van der Waals surface area (Å²) < 4.78 is 21.0. The van der Waals surface area contributed by atoms with E-state index in [2.05, 4.69) is 4.98 Å². The van der Waals surface area contributed by atoms with E-state index in [0.717, 1.165) is 39.0 Å². The van der Waals surface area contributed by atoms with Crippen molar-refractivity contribution in [3.63, 3.8) is 0 Å². The standard InChI is InChI=1S/C30H23FN2O2/c31-26-13-8-22(9-14-26)19-25(20-33-18-4-3-7-30(33)34)23-11-16-28(17-12-23)35-21-27-15-10-24-5-1-2-6-29(24)32-27/h1-19H,20-21H2. The first-order chi connectivity index (χ1) is 17.1. The second-order valence-corrected chi connectivity index (χ2v) is 8.20. The van der Waals surface area contributed by atoms with Crippen molar-refractivity contribution in [2.45, 2.75) is 13.2 Å². The predicted octanol–water partition coefficient (Wildman–Crippen LogP) is 6.36. The Morgan fingerprint density at radius 3 is 2.43 bits per heavy atom. The summed E-state index contributed by atoms with van der Waals surface area (Å²) in [4.78, 5) is 17.0. The van der Waals surface area contributed by atoms with E-state index < -0.39 is 0 Å². The van der Waals surface area contributed by atoms with Gasteiger partial charge in [-0.2, -0.15) is 0 Å². The zero-order valence-corrected chi connectivity index (χ0v) is 19.0. The Balaban J connectivity index is 1.37. The van der Waals surface area contributed by atoms with Crippen LogP contribution < -0.4 is 10.3 Å². The number of para-hydroxylation sites is 1. The van der Waals surface area contributed by atoms with Gasteiger partial charge in [0.15, 0.2) is 0 Å². The quantitative estimate of drug-likeness (QED) is 0.265. The van der Waals surface area contributed by atoms with E-state index >= 15 is 0 Å². The topological polar surface area (TPSA) is 44.1 Å². The van der Waals surface area contributed by atoms with Gasteiger partial charge in [0.25, 0.3) is 5.56 Å². The van der Waals surface area contributed by atoms with Crippen LogP contribution in [-0.4, -0.2) is 9.55 Å². The largest absolute Gasteiger partial charge is 0.487 e. The molecule has 172 valence electrons. The van der Waals surface area contributed by atoms with Crippen LogP contribution in [0.4, 0.5) is 4.39 Å². The van der Waals surface area contributed by atoms with Gasteiger partial charge in [-0.05, 0) is 65.2 Å². The van der Waals surface area contributed by atoms with E-state index in [1.165, 1.54) is 18.2 Å². The normalized spacial score (nSPS) is 11.5. The molecule has 3 aromatic carbocycles. The summed E-state index contributed by atoms with van der Waals surface area (Å²) in [6.07, 6.45) is 3.72. The molecule has 0 aliphatic rings. The summed E-state index contributed by atoms with van der Waals surface area (Å²) in [6.45, 7) is 0.750. The molecular formula is C30H23FN2O2. The Labute approximate surface area is 202 Å². The lowest BCUT2D eigenvalue weighted by molar-refractivity contribution is 0.302. The van der Waals surface area contributed by atoms with Gasteiger partial charge in [-0.3, -0.25) is 4.79 Å². The molecule has 0 radical (unpaired) electrons. The summed E-state index contributed by atoms with van der Waals surface area (Å²) in [5.74, 6) is 0.437. The number of aromatic nitrogens is 2. The van der Waals surface area contributed by atoms with E-state index in [9.17, 15) is 9.18 Å². The van der Waals surface area contributed by atoms with Crippen LogP contribution in [0.5, 0.6) is 5.75 Å². The number of fused-ring (bicyclic) bond motifs is 1. The fourth-order valence-electron chi connectivity index (χ4n) is 3.87. The number of ether oxygens (including phenoxy) is 1. The van der Waals surface area contributed by atoms with Crippen molar-refractivity contribution in [1.29, 1.82) is 0 Å². The molecule has 35 heavy (non-hydrogen) atoms.